The molecular formula is C19H22N4O2S. The summed E-state index contributed by atoms with van der Waals surface area (Å²) in [6.07, 6.45) is 1.56. The van der Waals surface area contributed by atoms with Crippen molar-refractivity contribution in [1.82, 2.24) is 14.9 Å². The van der Waals surface area contributed by atoms with Crippen LogP contribution in [0.3, 0.4) is 0 Å². The van der Waals surface area contributed by atoms with Crippen molar-refractivity contribution < 1.29 is 9.47 Å². The first-order valence-corrected chi connectivity index (χ1v) is 9.26. The third kappa shape index (κ3) is 4.49. The number of rotatable bonds is 8. The van der Waals surface area contributed by atoms with E-state index in [1.807, 2.05) is 36.4 Å². The van der Waals surface area contributed by atoms with Crippen LogP contribution < -0.4 is 15.3 Å². The van der Waals surface area contributed by atoms with E-state index in [9.17, 15) is 0 Å². The summed E-state index contributed by atoms with van der Waals surface area (Å²) in [6.45, 7) is 0. The van der Waals surface area contributed by atoms with E-state index in [2.05, 4.69) is 22.3 Å². The highest BCUT2D eigenvalue weighted by atomic mass is 32.2. The Balaban J connectivity index is 1.55. The number of aromatic nitrogens is 3. The maximum absolute atomic E-state index is 6.15. The van der Waals surface area contributed by atoms with E-state index in [0.29, 0.717) is 6.42 Å². The third-order valence-electron chi connectivity index (χ3n) is 4.04. The summed E-state index contributed by atoms with van der Waals surface area (Å²) in [5, 5.41) is 9.16. The quantitative estimate of drug-likeness (QED) is 0.485. The molecule has 0 radical (unpaired) electrons. The monoisotopic (exact) mass is 370 g/mol. The van der Waals surface area contributed by atoms with E-state index in [1.54, 1.807) is 30.7 Å². The highest BCUT2D eigenvalue weighted by molar-refractivity contribution is 7.99. The van der Waals surface area contributed by atoms with Gasteiger partial charge >= 0.3 is 0 Å². The predicted octanol–water partition coefficient (Wildman–Crippen LogP) is 2.93. The van der Waals surface area contributed by atoms with Gasteiger partial charge in [0, 0.05) is 12.2 Å². The van der Waals surface area contributed by atoms with Crippen molar-refractivity contribution in [1.29, 1.82) is 0 Å². The average molecular weight is 370 g/mol. The van der Waals surface area contributed by atoms with Gasteiger partial charge in [0.05, 0.1) is 14.2 Å². The van der Waals surface area contributed by atoms with Crippen molar-refractivity contribution in [3.8, 4) is 11.5 Å². The van der Waals surface area contributed by atoms with Gasteiger partial charge in [0.25, 0.3) is 0 Å². The van der Waals surface area contributed by atoms with Gasteiger partial charge in [-0.15, -0.1) is 10.2 Å². The van der Waals surface area contributed by atoms with Gasteiger partial charge in [-0.2, -0.15) is 0 Å². The third-order valence-corrected chi connectivity index (χ3v) is 4.98. The van der Waals surface area contributed by atoms with Gasteiger partial charge in [0.2, 0.25) is 5.16 Å². The number of hydrogen-bond acceptors (Lipinski definition) is 6. The topological polar surface area (TPSA) is 75.2 Å². The smallest absolute Gasteiger partial charge is 0.209 e. The Kier molecular flexibility index (Phi) is 6.01. The lowest BCUT2D eigenvalue weighted by molar-refractivity contribution is 0.414. The molecule has 26 heavy (non-hydrogen) atoms. The van der Waals surface area contributed by atoms with Crippen molar-refractivity contribution >= 4 is 11.8 Å². The maximum atomic E-state index is 6.15. The Bertz CT molecular complexity index is 832. The van der Waals surface area contributed by atoms with Gasteiger partial charge in [-0.05, 0) is 41.8 Å². The van der Waals surface area contributed by atoms with Gasteiger partial charge in [0.1, 0.15) is 11.5 Å². The minimum Gasteiger partial charge on any atom is -0.497 e. The maximum Gasteiger partial charge on any atom is 0.209 e. The molecule has 0 amide bonds. The summed E-state index contributed by atoms with van der Waals surface area (Å²) in [7, 11) is 3.32. The molecule has 2 N–H and O–H groups in total. The first kappa shape index (κ1) is 18.1. The largest absolute Gasteiger partial charge is 0.497 e. The molecule has 3 aromatic rings. The number of methoxy groups -OCH3 is 2. The van der Waals surface area contributed by atoms with E-state index in [1.165, 1.54) is 5.56 Å². The van der Waals surface area contributed by atoms with E-state index in [4.69, 9.17) is 15.3 Å². The van der Waals surface area contributed by atoms with Crippen LogP contribution in [0.4, 0.5) is 0 Å². The highest BCUT2D eigenvalue weighted by Crippen LogP contribution is 2.20. The second-order valence-electron chi connectivity index (χ2n) is 5.74. The number of benzene rings is 2. The molecule has 0 saturated heterocycles. The van der Waals surface area contributed by atoms with Crippen LogP contribution in [0.25, 0.3) is 0 Å². The molecule has 1 heterocycles. The second kappa shape index (κ2) is 8.62. The Morgan fingerprint density at radius 2 is 1.46 bits per heavy atom. The van der Waals surface area contributed by atoms with Crippen LogP contribution in [0, 0.1) is 0 Å². The van der Waals surface area contributed by atoms with E-state index >= 15 is 0 Å². The lowest BCUT2D eigenvalue weighted by Gasteiger charge is -2.05. The molecule has 3 rings (SSSR count). The van der Waals surface area contributed by atoms with Gasteiger partial charge in [-0.1, -0.05) is 36.0 Å². The summed E-state index contributed by atoms with van der Waals surface area (Å²) in [6, 6.07) is 15.9. The fraction of sp³-hybridized carbons (Fsp3) is 0.263. The van der Waals surface area contributed by atoms with Crippen molar-refractivity contribution in [3.05, 3.63) is 65.5 Å². The lowest BCUT2D eigenvalue weighted by Crippen LogP contribution is -2.14. The average Bonchev–Trinajstić information content (AvgIpc) is 3.03. The lowest BCUT2D eigenvalue weighted by atomic mass is 10.1. The number of ether oxygens (including phenoxy) is 2. The van der Waals surface area contributed by atoms with Gasteiger partial charge < -0.3 is 15.3 Å². The molecule has 0 aliphatic heterocycles. The molecular weight excluding hydrogens is 348 g/mol. The van der Waals surface area contributed by atoms with Crippen LogP contribution in [0.15, 0.2) is 53.7 Å². The van der Waals surface area contributed by atoms with Crippen molar-refractivity contribution in [3.63, 3.8) is 0 Å². The molecule has 0 atom stereocenters. The summed E-state index contributed by atoms with van der Waals surface area (Å²) in [5.74, 6) is 9.47. The molecule has 0 fully saturated rings. The molecule has 0 unspecified atom stereocenters. The van der Waals surface area contributed by atoms with Crippen LogP contribution in [0.1, 0.15) is 17.0 Å². The van der Waals surface area contributed by atoms with Crippen LogP contribution in [-0.4, -0.2) is 34.8 Å². The Labute approximate surface area is 157 Å². The summed E-state index contributed by atoms with van der Waals surface area (Å²) in [4.78, 5) is 0. The highest BCUT2D eigenvalue weighted by Gasteiger charge is 2.11. The number of nitrogens with zero attached hydrogens (tertiary/aromatic N) is 3. The summed E-state index contributed by atoms with van der Waals surface area (Å²) < 4.78 is 11.9. The van der Waals surface area contributed by atoms with E-state index < -0.39 is 0 Å². The van der Waals surface area contributed by atoms with E-state index in [-0.39, 0.29) is 0 Å². The molecule has 6 nitrogen and oxygen atoms in total. The number of nitrogen functional groups attached to an aromatic ring is 1. The Morgan fingerprint density at radius 1 is 0.885 bits per heavy atom. The normalized spacial score (nSPS) is 10.7. The fourth-order valence-electron chi connectivity index (χ4n) is 2.50. The molecule has 0 aliphatic rings. The molecule has 7 heteroatoms. The van der Waals surface area contributed by atoms with Crippen molar-refractivity contribution in [2.45, 2.75) is 18.0 Å². The molecule has 136 valence electrons. The second-order valence-corrected chi connectivity index (χ2v) is 6.80. The van der Waals surface area contributed by atoms with Gasteiger partial charge in [-0.3, -0.25) is 0 Å². The minimum atomic E-state index is 0.631. The summed E-state index contributed by atoms with van der Waals surface area (Å²) >= 11 is 1.60. The zero-order valence-electron chi connectivity index (χ0n) is 14.9. The van der Waals surface area contributed by atoms with Crippen LogP contribution >= 0.6 is 11.8 Å². The SMILES string of the molecule is COc1ccc(CCSc2nnc(Cc3ccc(OC)cc3)n2N)cc1. The molecule has 1 aromatic heterocycles. The zero-order valence-corrected chi connectivity index (χ0v) is 15.7. The predicted molar refractivity (Wildman–Crippen MR) is 103 cm³/mol. The number of thioether (sulfide) groups is 1. The van der Waals surface area contributed by atoms with Crippen LogP contribution in [0.2, 0.25) is 0 Å². The van der Waals surface area contributed by atoms with Gasteiger partial charge in [-0.25, -0.2) is 4.68 Å². The van der Waals surface area contributed by atoms with Crippen molar-refractivity contribution in [2.75, 3.05) is 25.8 Å². The number of nitrogens with two attached hydrogens (primary N) is 1. The summed E-state index contributed by atoms with van der Waals surface area (Å²) in [5.41, 5.74) is 2.36. The first-order valence-electron chi connectivity index (χ1n) is 8.27. The van der Waals surface area contributed by atoms with Crippen molar-refractivity contribution in [2.24, 2.45) is 0 Å². The molecule has 0 spiro atoms. The molecule has 2 aromatic carbocycles. The van der Waals surface area contributed by atoms with Crippen LogP contribution in [0.5, 0.6) is 11.5 Å². The fourth-order valence-corrected chi connectivity index (χ4v) is 3.37. The first-order chi connectivity index (χ1) is 12.7. The van der Waals surface area contributed by atoms with E-state index in [0.717, 1.165) is 40.2 Å². The molecule has 0 saturated carbocycles. The van der Waals surface area contributed by atoms with Gasteiger partial charge in [0.15, 0.2) is 5.82 Å². The zero-order chi connectivity index (χ0) is 18.4. The number of aryl methyl sites for hydroxylation is 1. The Morgan fingerprint density at radius 3 is 2.04 bits per heavy atom. The minimum absolute atomic E-state index is 0.631. The molecule has 0 bridgehead atoms. The standard InChI is InChI=1S/C19H22N4O2S/c1-24-16-7-3-14(4-8-16)11-12-26-19-22-21-18(23(19)20)13-15-5-9-17(25-2)10-6-15/h3-10H,11-13,20H2,1-2H3. The Hall–Kier alpha value is -2.67. The molecule has 0 aliphatic carbocycles. The van der Waals surface area contributed by atoms with Crippen LogP contribution in [-0.2, 0) is 12.8 Å². The number of hydrogen-bond donors (Lipinski definition) is 1.